The Morgan fingerprint density at radius 2 is 1.95 bits per heavy atom. The van der Waals surface area contributed by atoms with E-state index >= 15 is 0 Å². The van der Waals surface area contributed by atoms with E-state index in [1.54, 1.807) is 0 Å². The first-order valence-corrected chi connectivity index (χ1v) is 7.02. The Hall–Kier alpha value is -2.13. The van der Waals surface area contributed by atoms with Crippen LogP contribution in [0.5, 0.6) is 0 Å². The van der Waals surface area contributed by atoms with Gasteiger partial charge in [0.1, 0.15) is 5.65 Å². The van der Waals surface area contributed by atoms with Crippen molar-refractivity contribution in [1.29, 1.82) is 0 Å². The van der Waals surface area contributed by atoms with Crippen LogP contribution < -0.4 is 5.73 Å². The molecule has 102 valence electrons. The van der Waals surface area contributed by atoms with E-state index in [1.165, 1.54) is 16.8 Å². The van der Waals surface area contributed by atoms with Gasteiger partial charge in [-0.2, -0.15) is 0 Å². The van der Waals surface area contributed by atoms with Crippen molar-refractivity contribution in [3.05, 3.63) is 59.9 Å². The molecule has 0 saturated heterocycles. The van der Waals surface area contributed by atoms with E-state index in [0.29, 0.717) is 6.54 Å². The van der Waals surface area contributed by atoms with Crippen LogP contribution >= 0.6 is 0 Å². The number of benzene rings is 1. The molecular weight excluding hydrogens is 246 g/mol. The van der Waals surface area contributed by atoms with Crippen LogP contribution in [0, 0.1) is 6.92 Å². The maximum atomic E-state index is 5.67. The van der Waals surface area contributed by atoms with Crippen molar-refractivity contribution in [2.45, 2.75) is 19.8 Å². The summed E-state index contributed by atoms with van der Waals surface area (Å²) < 4.78 is 2.19. The van der Waals surface area contributed by atoms with Crippen molar-refractivity contribution >= 4 is 5.65 Å². The zero-order valence-electron chi connectivity index (χ0n) is 11.7. The average molecular weight is 265 g/mol. The molecule has 3 rings (SSSR count). The van der Waals surface area contributed by atoms with Crippen molar-refractivity contribution in [1.82, 2.24) is 9.38 Å². The predicted octanol–water partition coefficient (Wildman–Crippen LogP) is 3.20. The highest BCUT2D eigenvalue weighted by Gasteiger charge is 2.13. The van der Waals surface area contributed by atoms with Crippen LogP contribution in [0.25, 0.3) is 16.9 Å². The molecule has 0 amide bonds. The van der Waals surface area contributed by atoms with Crippen LogP contribution in [0.4, 0.5) is 0 Å². The molecule has 0 aliphatic rings. The van der Waals surface area contributed by atoms with E-state index in [4.69, 9.17) is 10.7 Å². The Morgan fingerprint density at radius 3 is 2.70 bits per heavy atom. The standard InChI is InChI=1S/C17H19N3/c1-13-9-11-20-15(8-5-10-18)17(19-16(20)12-13)14-6-3-2-4-7-14/h2-4,6-7,9,11-12H,5,8,10,18H2,1H3. The summed E-state index contributed by atoms with van der Waals surface area (Å²) >= 11 is 0. The molecule has 0 aliphatic heterocycles. The molecule has 20 heavy (non-hydrogen) atoms. The first kappa shape index (κ1) is 12.9. The Labute approximate surface area is 119 Å². The topological polar surface area (TPSA) is 43.3 Å². The summed E-state index contributed by atoms with van der Waals surface area (Å²) in [6.07, 6.45) is 4.03. The maximum Gasteiger partial charge on any atom is 0.137 e. The summed E-state index contributed by atoms with van der Waals surface area (Å²) in [5.74, 6) is 0. The van der Waals surface area contributed by atoms with Crippen LogP contribution in [0.2, 0.25) is 0 Å². The smallest absolute Gasteiger partial charge is 0.137 e. The second kappa shape index (κ2) is 5.47. The van der Waals surface area contributed by atoms with Gasteiger partial charge in [0.05, 0.1) is 11.4 Å². The maximum absolute atomic E-state index is 5.67. The Kier molecular flexibility index (Phi) is 3.52. The Bertz CT molecular complexity index is 714. The van der Waals surface area contributed by atoms with Gasteiger partial charge in [0.25, 0.3) is 0 Å². The number of fused-ring (bicyclic) bond motifs is 1. The van der Waals surface area contributed by atoms with Crippen molar-refractivity contribution in [2.75, 3.05) is 6.54 Å². The van der Waals surface area contributed by atoms with E-state index in [-0.39, 0.29) is 0 Å². The Morgan fingerprint density at radius 1 is 1.15 bits per heavy atom. The molecule has 0 spiro atoms. The highest BCUT2D eigenvalue weighted by Crippen LogP contribution is 2.25. The van der Waals surface area contributed by atoms with E-state index in [2.05, 4.69) is 53.9 Å². The molecule has 2 aromatic heterocycles. The van der Waals surface area contributed by atoms with Crippen molar-refractivity contribution < 1.29 is 0 Å². The third-order valence-corrected chi connectivity index (χ3v) is 3.55. The second-order valence-corrected chi connectivity index (χ2v) is 5.10. The number of pyridine rings is 1. The summed E-state index contributed by atoms with van der Waals surface area (Å²) in [6.45, 7) is 2.80. The van der Waals surface area contributed by atoms with Gasteiger partial charge >= 0.3 is 0 Å². The van der Waals surface area contributed by atoms with E-state index < -0.39 is 0 Å². The number of nitrogens with zero attached hydrogens (tertiary/aromatic N) is 2. The van der Waals surface area contributed by atoms with Gasteiger partial charge in [-0.25, -0.2) is 4.98 Å². The summed E-state index contributed by atoms with van der Waals surface area (Å²) in [6, 6.07) is 14.6. The molecule has 1 aromatic carbocycles. The third-order valence-electron chi connectivity index (χ3n) is 3.55. The number of nitrogens with two attached hydrogens (primary N) is 1. The van der Waals surface area contributed by atoms with Crippen LogP contribution in [-0.2, 0) is 6.42 Å². The SMILES string of the molecule is Cc1ccn2c(CCCN)c(-c3ccccc3)nc2c1. The molecule has 0 saturated carbocycles. The fourth-order valence-corrected chi connectivity index (χ4v) is 2.53. The molecule has 3 heteroatoms. The summed E-state index contributed by atoms with van der Waals surface area (Å²) in [5.41, 5.74) is 11.4. The average Bonchev–Trinajstić information content (AvgIpc) is 2.83. The molecule has 0 fully saturated rings. The minimum Gasteiger partial charge on any atom is -0.330 e. The lowest BCUT2D eigenvalue weighted by Gasteiger charge is -2.04. The Balaban J connectivity index is 2.19. The van der Waals surface area contributed by atoms with Crippen LogP contribution in [-0.4, -0.2) is 15.9 Å². The lowest BCUT2D eigenvalue weighted by atomic mass is 10.1. The normalized spacial score (nSPS) is 11.1. The molecule has 0 bridgehead atoms. The largest absolute Gasteiger partial charge is 0.330 e. The number of aryl methyl sites for hydroxylation is 2. The van der Waals surface area contributed by atoms with E-state index in [1.807, 2.05) is 6.07 Å². The summed E-state index contributed by atoms with van der Waals surface area (Å²) in [5, 5.41) is 0. The van der Waals surface area contributed by atoms with E-state index in [0.717, 1.165) is 24.2 Å². The third kappa shape index (κ3) is 2.32. The number of aromatic nitrogens is 2. The van der Waals surface area contributed by atoms with Crippen molar-refractivity contribution in [3.8, 4) is 11.3 Å². The summed E-state index contributed by atoms with van der Waals surface area (Å²) in [4.78, 5) is 4.82. The molecule has 2 N–H and O–H groups in total. The molecule has 0 unspecified atom stereocenters. The second-order valence-electron chi connectivity index (χ2n) is 5.10. The van der Waals surface area contributed by atoms with Crippen LogP contribution in [0.15, 0.2) is 48.7 Å². The number of hydrogen-bond acceptors (Lipinski definition) is 2. The minimum atomic E-state index is 0.702. The number of rotatable bonds is 4. The first-order chi connectivity index (χ1) is 9.79. The molecular formula is C17H19N3. The molecule has 3 aromatic rings. The molecule has 2 heterocycles. The number of hydrogen-bond donors (Lipinski definition) is 1. The zero-order valence-corrected chi connectivity index (χ0v) is 11.7. The van der Waals surface area contributed by atoms with E-state index in [9.17, 15) is 0 Å². The van der Waals surface area contributed by atoms with Crippen LogP contribution in [0.3, 0.4) is 0 Å². The van der Waals surface area contributed by atoms with Gasteiger partial charge in [0, 0.05) is 11.8 Å². The van der Waals surface area contributed by atoms with Gasteiger partial charge in [-0.05, 0) is 44.0 Å². The van der Waals surface area contributed by atoms with Gasteiger partial charge in [0.2, 0.25) is 0 Å². The monoisotopic (exact) mass is 265 g/mol. The molecule has 3 nitrogen and oxygen atoms in total. The summed E-state index contributed by atoms with van der Waals surface area (Å²) in [7, 11) is 0. The van der Waals surface area contributed by atoms with Gasteiger partial charge in [-0.1, -0.05) is 30.3 Å². The van der Waals surface area contributed by atoms with Crippen molar-refractivity contribution in [2.24, 2.45) is 5.73 Å². The van der Waals surface area contributed by atoms with Crippen molar-refractivity contribution in [3.63, 3.8) is 0 Å². The van der Waals surface area contributed by atoms with Crippen LogP contribution in [0.1, 0.15) is 17.7 Å². The molecule has 0 radical (unpaired) electrons. The fourth-order valence-electron chi connectivity index (χ4n) is 2.53. The minimum absolute atomic E-state index is 0.702. The molecule has 0 aliphatic carbocycles. The zero-order chi connectivity index (χ0) is 13.9. The van der Waals surface area contributed by atoms with Gasteiger partial charge < -0.3 is 10.1 Å². The van der Waals surface area contributed by atoms with Gasteiger partial charge in [0.15, 0.2) is 0 Å². The first-order valence-electron chi connectivity index (χ1n) is 7.02. The van der Waals surface area contributed by atoms with Gasteiger partial charge in [-0.15, -0.1) is 0 Å². The quantitative estimate of drug-likeness (QED) is 0.787. The van der Waals surface area contributed by atoms with Gasteiger partial charge in [-0.3, -0.25) is 0 Å². The highest BCUT2D eigenvalue weighted by atomic mass is 15.0. The highest BCUT2D eigenvalue weighted by molar-refractivity contribution is 5.66. The lowest BCUT2D eigenvalue weighted by molar-refractivity contribution is 0.804. The fraction of sp³-hybridized carbons (Fsp3) is 0.235. The lowest BCUT2D eigenvalue weighted by Crippen LogP contribution is -2.03. The number of imidazole rings is 1. The molecule has 0 atom stereocenters. The predicted molar refractivity (Wildman–Crippen MR) is 82.7 cm³/mol.